The first kappa shape index (κ1) is 19.5. The number of benzene rings is 1. The van der Waals surface area contributed by atoms with Gasteiger partial charge in [-0.25, -0.2) is 0 Å². The van der Waals surface area contributed by atoms with E-state index >= 15 is 0 Å². The molecule has 0 amide bonds. The van der Waals surface area contributed by atoms with Crippen LogP contribution in [0.1, 0.15) is 37.1 Å². The fourth-order valence-electron chi connectivity index (χ4n) is 5.36. The van der Waals surface area contributed by atoms with E-state index in [1.165, 1.54) is 22.2 Å². The van der Waals surface area contributed by atoms with Crippen LogP contribution in [0.3, 0.4) is 0 Å². The first-order valence-electron chi connectivity index (χ1n) is 10.3. The highest BCUT2D eigenvalue weighted by molar-refractivity contribution is 5.85. The van der Waals surface area contributed by atoms with Crippen LogP contribution in [-0.4, -0.2) is 50.6 Å². The molecular weight excluding hydrogens is 352 g/mol. The fraction of sp³-hybridized carbons (Fsp3) is 0.565. The molecule has 4 rings (SSSR count). The summed E-state index contributed by atoms with van der Waals surface area (Å²) in [5.41, 5.74) is 5.26. The maximum absolute atomic E-state index is 5.62. The molecule has 2 aliphatic heterocycles. The van der Waals surface area contributed by atoms with E-state index in [2.05, 4.69) is 41.1 Å². The number of para-hydroxylation sites is 1. The molecule has 0 bridgehead atoms. The van der Waals surface area contributed by atoms with Crippen molar-refractivity contribution in [3.05, 3.63) is 47.4 Å². The van der Waals surface area contributed by atoms with Gasteiger partial charge >= 0.3 is 0 Å². The summed E-state index contributed by atoms with van der Waals surface area (Å²) in [6.45, 7) is 4.52. The molecule has 0 unspecified atom stereocenters. The molecule has 0 aliphatic carbocycles. The molecule has 5 nitrogen and oxygen atoms in total. The van der Waals surface area contributed by atoms with Crippen molar-refractivity contribution < 1.29 is 14.2 Å². The Kier molecular flexibility index (Phi) is 5.76. The van der Waals surface area contributed by atoms with Gasteiger partial charge in [-0.05, 0) is 36.3 Å². The van der Waals surface area contributed by atoms with Gasteiger partial charge in [-0.2, -0.15) is 0 Å². The summed E-state index contributed by atoms with van der Waals surface area (Å²) >= 11 is 0. The summed E-state index contributed by atoms with van der Waals surface area (Å²) in [4.78, 5) is 6.41. The molecule has 1 aromatic carbocycles. The SMILES string of the molecule is CC[C@@H]1CN2CCc3c([nH]c4ccccc34)[C@@H]2C[C@@H]1C(=COC)C(OC)OC. The van der Waals surface area contributed by atoms with Gasteiger partial charge in [-0.3, -0.25) is 4.90 Å². The summed E-state index contributed by atoms with van der Waals surface area (Å²) in [5, 5.41) is 1.38. The summed E-state index contributed by atoms with van der Waals surface area (Å²) < 4.78 is 16.7. The first-order chi connectivity index (χ1) is 13.7. The van der Waals surface area contributed by atoms with Gasteiger partial charge in [0.2, 0.25) is 0 Å². The van der Waals surface area contributed by atoms with Crippen LogP contribution in [0.2, 0.25) is 0 Å². The Hall–Kier alpha value is -1.82. The van der Waals surface area contributed by atoms with Gasteiger partial charge in [0.1, 0.15) is 0 Å². The Balaban J connectivity index is 1.71. The molecule has 2 aliphatic rings. The molecule has 5 heteroatoms. The van der Waals surface area contributed by atoms with Crippen LogP contribution in [0.5, 0.6) is 0 Å². The number of aromatic amines is 1. The van der Waals surface area contributed by atoms with E-state index in [1.807, 2.05) is 6.26 Å². The van der Waals surface area contributed by atoms with Crippen LogP contribution in [0.15, 0.2) is 36.1 Å². The van der Waals surface area contributed by atoms with Crippen LogP contribution in [-0.2, 0) is 20.6 Å². The largest absolute Gasteiger partial charge is 0.504 e. The van der Waals surface area contributed by atoms with Crippen molar-refractivity contribution in [3.63, 3.8) is 0 Å². The zero-order valence-electron chi connectivity index (χ0n) is 17.4. The summed E-state index contributed by atoms with van der Waals surface area (Å²) in [5.74, 6) is 0.935. The highest BCUT2D eigenvalue weighted by atomic mass is 16.7. The van der Waals surface area contributed by atoms with E-state index in [0.717, 1.165) is 37.9 Å². The van der Waals surface area contributed by atoms with Crippen molar-refractivity contribution in [2.24, 2.45) is 11.8 Å². The Morgan fingerprint density at radius 3 is 2.75 bits per heavy atom. The number of H-pyrrole nitrogens is 1. The third kappa shape index (κ3) is 3.25. The van der Waals surface area contributed by atoms with E-state index < -0.39 is 0 Å². The quantitative estimate of drug-likeness (QED) is 0.597. The fourth-order valence-corrected chi connectivity index (χ4v) is 5.36. The molecule has 0 spiro atoms. The standard InChI is InChI=1S/C23H32N2O3/c1-5-15-13-25-11-10-17-16-8-6-7-9-20(16)24-22(17)21(25)12-18(15)19(14-26-2)23(27-3)28-4/h6-9,14-15,18,21,23-24H,5,10-13H2,1-4H3/t15-,18+,21+/m1/s1. The van der Waals surface area contributed by atoms with E-state index in [-0.39, 0.29) is 6.29 Å². The number of hydrogen-bond donors (Lipinski definition) is 1. The number of aromatic nitrogens is 1. The number of fused-ring (bicyclic) bond motifs is 5. The lowest BCUT2D eigenvalue weighted by atomic mass is 9.74. The predicted octanol–water partition coefficient (Wildman–Crippen LogP) is 4.26. The topological polar surface area (TPSA) is 46.7 Å². The van der Waals surface area contributed by atoms with Gasteiger partial charge < -0.3 is 19.2 Å². The smallest absolute Gasteiger partial charge is 0.182 e. The number of piperidine rings is 1. The number of hydrogen-bond acceptors (Lipinski definition) is 4. The molecule has 0 saturated carbocycles. The number of methoxy groups -OCH3 is 3. The minimum Gasteiger partial charge on any atom is -0.504 e. The summed E-state index contributed by atoms with van der Waals surface area (Å²) in [6, 6.07) is 9.09. The molecule has 1 fully saturated rings. The molecule has 28 heavy (non-hydrogen) atoms. The third-order valence-corrected chi connectivity index (χ3v) is 6.69. The van der Waals surface area contributed by atoms with Gasteiger partial charge in [0.05, 0.1) is 19.4 Å². The first-order valence-corrected chi connectivity index (χ1v) is 10.3. The molecule has 1 N–H and O–H groups in total. The normalized spacial score (nSPS) is 25.8. The maximum atomic E-state index is 5.62. The third-order valence-electron chi connectivity index (χ3n) is 6.69. The number of nitrogens with zero attached hydrogens (tertiary/aromatic N) is 1. The van der Waals surface area contributed by atoms with Crippen LogP contribution < -0.4 is 0 Å². The predicted molar refractivity (Wildman–Crippen MR) is 111 cm³/mol. The summed E-state index contributed by atoms with van der Waals surface area (Å²) in [7, 11) is 5.10. The highest BCUT2D eigenvalue weighted by Gasteiger charge is 2.42. The second-order valence-electron chi connectivity index (χ2n) is 7.99. The number of nitrogens with one attached hydrogen (secondary N) is 1. The molecule has 152 valence electrons. The molecule has 3 atom stereocenters. The lowest BCUT2D eigenvalue weighted by molar-refractivity contribution is -0.0890. The molecule has 1 aromatic heterocycles. The van der Waals surface area contributed by atoms with Crippen molar-refractivity contribution in [3.8, 4) is 0 Å². The van der Waals surface area contributed by atoms with Gasteiger partial charge in [0, 0.05) is 49.5 Å². The Morgan fingerprint density at radius 2 is 2.04 bits per heavy atom. The van der Waals surface area contributed by atoms with E-state index in [0.29, 0.717) is 17.9 Å². The molecule has 2 aromatic rings. The average molecular weight is 385 g/mol. The van der Waals surface area contributed by atoms with Crippen molar-refractivity contribution in [1.82, 2.24) is 9.88 Å². The van der Waals surface area contributed by atoms with Gasteiger partial charge in [-0.1, -0.05) is 31.5 Å². The van der Waals surface area contributed by atoms with Crippen molar-refractivity contribution in [2.75, 3.05) is 34.4 Å². The minimum absolute atomic E-state index is 0.365. The van der Waals surface area contributed by atoms with Crippen LogP contribution in [0.25, 0.3) is 10.9 Å². The second-order valence-corrected chi connectivity index (χ2v) is 7.99. The maximum Gasteiger partial charge on any atom is 0.182 e. The Bertz CT molecular complexity index is 839. The summed E-state index contributed by atoms with van der Waals surface area (Å²) in [6.07, 6.45) is 4.79. The van der Waals surface area contributed by atoms with E-state index in [9.17, 15) is 0 Å². The highest BCUT2D eigenvalue weighted by Crippen LogP contribution is 2.46. The van der Waals surface area contributed by atoms with Crippen molar-refractivity contribution >= 4 is 10.9 Å². The van der Waals surface area contributed by atoms with E-state index in [1.54, 1.807) is 21.3 Å². The zero-order valence-corrected chi connectivity index (χ0v) is 17.4. The van der Waals surface area contributed by atoms with Crippen LogP contribution in [0.4, 0.5) is 0 Å². The number of rotatable bonds is 6. The van der Waals surface area contributed by atoms with E-state index in [4.69, 9.17) is 14.2 Å². The van der Waals surface area contributed by atoms with Gasteiger partial charge in [0.15, 0.2) is 6.29 Å². The molecule has 0 radical (unpaired) electrons. The molecule has 3 heterocycles. The minimum atomic E-state index is -0.365. The van der Waals surface area contributed by atoms with Gasteiger partial charge in [-0.15, -0.1) is 0 Å². The van der Waals surface area contributed by atoms with Crippen LogP contribution in [0, 0.1) is 11.8 Å². The zero-order chi connectivity index (χ0) is 19.7. The van der Waals surface area contributed by atoms with Gasteiger partial charge in [0.25, 0.3) is 0 Å². The van der Waals surface area contributed by atoms with Crippen molar-refractivity contribution in [1.29, 1.82) is 0 Å². The average Bonchev–Trinajstić information content (AvgIpc) is 3.12. The van der Waals surface area contributed by atoms with Crippen LogP contribution >= 0.6 is 0 Å². The Morgan fingerprint density at radius 1 is 1.25 bits per heavy atom. The Labute approximate surface area is 167 Å². The number of ether oxygens (including phenoxy) is 3. The molecule has 1 saturated heterocycles. The van der Waals surface area contributed by atoms with Crippen molar-refractivity contribution in [2.45, 2.75) is 38.5 Å². The lowest BCUT2D eigenvalue weighted by Gasteiger charge is -2.47. The molecular formula is C23H32N2O3. The monoisotopic (exact) mass is 384 g/mol. The second kappa shape index (κ2) is 8.27. The lowest BCUT2D eigenvalue weighted by Crippen LogP contribution is -2.47.